The van der Waals surface area contributed by atoms with Crippen molar-refractivity contribution < 1.29 is 14.3 Å². The molecule has 0 aliphatic heterocycles. The maximum atomic E-state index is 11.9. The second-order valence-corrected chi connectivity index (χ2v) is 6.37. The molecule has 1 aromatic carbocycles. The Labute approximate surface area is 139 Å². The summed E-state index contributed by atoms with van der Waals surface area (Å²) < 4.78 is 5.26. The highest BCUT2D eigenvalue weighted by Crippen LogP contribution is 2.21. The fraction of sp³-hybridized carbons (Fsp3) is 0.556. The predicted octanol–water partition coefficient (Wildman–Crippen LogP) is 3.69. The van der Waals surface area contributed by atoms with Crippen molar-refractivity contribution >= 4 is 18.1 Å². The number of rotatable bonds is 7. The molecular weight excluding hydrogens is 292 g/mol. The molecule has 0 saturated carbocycles. The summed E-state index contributed by atoms with van der Waals surface area (Å²) in [6.07, 6.45) is 0.502. The van der Waals surface area contributed by atoms with Gasteiger partial charge in [-0.2, -0.15) is 0 Å². The zero-order valence-corrected chi connectivity index (χ0v) is 14.8. The van der Waals surface area contributed by atoms with Gasteiger partial charge in [0.2, 0.25) is 0 Å². The molecule has 5 nitrogen and oxygen atoms in total. The highest BCUT2D eigenvalue weighted by Gasteiger charge is 2.20. The van der Waals surface area contributed by atoms with Crippen LogP contribution in [0.25, 0.3) is 0 Å². The number of benzene rings is 1. The van der Waals surface area contributed by atoms with Gasteiger partial charge in [0.05, 0.1) is 6.04 Å². The van der Waals surface area contributed by atoms with Gasteiger partial charge in [0.1, 0.15) is 11.9 Å². The third kappa shape index (κ3) is 6.30. The van der Waals surface area contributed by atoms with Crippen molar-refractivity contribution in [2.45, 2.75) is 52.7 Å². The molecule has 23 heavy (non-hydrogen) atoms. The number of carbonyl (C=O) groups is 2. The minimum absolute atomic E-state index is 0.212. The van der Waals surface area contributed by atoms with E-state index in [4.69, 9.17) is 4.74 Å². The van der Waals surface area contributed by atoms with Crippen molar-refractivity contribution in [3.63, 3.8) is 0 Å². The Balaban J connectivity index is 2.85. The topological polar surface area (TPSA) is 58.6 Å². The molecule has 0 fully saturated rings. The molecule has 1 atom stereocenters. The first-order valence-corrected chi connectivity index (χ1v) is 8.08. The van der Waals surface area contributed by atoms with E-state index in [9.17, 15) is 9.59 Å². The second-order valence-electron chi connectivity index (χ2n) is 6.37. The molecular formula is C18H28N2O3. The summed E-state index contributed by atoms with van der Waals surface area (Å²) in [7, 11) is 0. The molecule has 0 aliphatic rings. The number of alkyl carbamates (subject to hydrolysis) is 1. The number of hydrogen-bond acceptors (Lipinski definition) is 4. The van der Waals surface area contributed by atoms with Gasteiger partial charge in [-0.1, -0.05) is 12.1 Å². The minimum Gasteiger partial charge on any atom is -0.444 e. The largest absolute Gasteiger partial charge is 0.444 e. The van der Waals surface area contributed by atoms with E-state index < -0.39 is 11.7 Å². The van der Waals surface area contributed by atoms with Crippen LogP contribution in [0.5, 0.6) is 0 Å². The van der Waals surface area contributed by atoms with Crippen LogP contribution in [0.15, 0.2) is 24.3 Å². The zero-order chi connectivity index (χ0) is 17.5. The van der Waals surface area contributed by atoms with Crippen molar-refractivity contribution in [1.29, 1.82) is 0 Å². The normalized spacial score (nSPS) is 12.4. The number of nitrogens with zero attached hydrogens (tertiary/aromatic N) is 1. The number of aldehydes is 1. The van der Waals surface area contributed by atoms with Gasteiger partial charge < -0.3 is 19.7 Å². The Kier molecular flexibility index (Phi) is 7.07. The van der Waals surface area contributed by atoms with Crippen LogP contribution in [0.2, 0.25) is 0 Å². The number of amides is 1. The molecule has 0 unspecified atom stereocenters. The van der Waals surface area contributed by atoms with E-state index in [0.717, 1.165) is 30.6 Å². The third-order valence-corrected chi connectivity index (χ3v) is 3.45. The van der Waals surface area contributed by atoms with E-state index in [1.165, 1.54) is 0 Å². The van der Waals surface area contributed by atoms with E-state index in [1.807, 2.05) is 24.3 Å². The summed E-state index contributed by atoms with van der Waals surface area (Å²) in [6, 6.07) is 7.53. The second kappa shape index (κ2) is 8.56. The predicted molar refractivity (Wildman–Crippen MR) is 92.8 cm³/mol. The lowest BCUT2D eigenvalue weighted by Crippen LogP contribution is -2.35. The molecule has 0 radical (unpaired) electrons. The van der Waals surface area contributed by atoms with Gasteiger partial charge in [-0.25, -0.2) is 4.79 Å². The van der Waals surface area contributed by atoms with Crippen LogP contribution in [0.3, 0.4) is 0 Å². The van der Waals surface area contributed by atoms with E-state index in [1.54, 1.807) is 20.8 Å². The first-order chi connectivity index (χ1) is 10.8. The maximum Gasteiger partial charge on any atom is 0.408 e. The number of ether oxygens (including phenoxy) is 1. The lowest BCUT2D eigenvalue weighted by Gasteiger charge is -2.24. The summed E-state index contributed by atoms with van der Waals surface area (Å²) in [5.41, 5.74) is 1.45. The zero-order valence-electron chi connectivity index (χ0n) is 14.8. The van der Waals surface area contributed by atoms with Crippen LogP contribution in [-0.2, 0) is 9.53 Å². The van der Waals surface area contributed by atoms with Gasteiger partial charge in [0, 0.05) is 25.2 Å². The Morgan fingerprint density at radius 2 is 1.78 bits per heavy atom. The quantitative estimate of drug-likeness (QED) is 0.779. The van der Waals surface area contributed by atoms with Crippen LogP contribution in [0.1, 0.15) is 52.6 Å². The summed E-state index contributed by atoms with van der Waals surface area (Å²) in [6.45, 7) is 11.5. The first-order valence-electron chi connectivity index (χ1n) is 8.08. The molecule has 5 heteroatoms. The highest BCUT2D eigenvalue weighted by atomic mass is 16.6. The summed E-state index contributed by atoms with van der Waals surface area (Å²) >= 11 is 0. The number of hydrogen-bond donors (Lipinski definition) is 1. The standard InChI is InChI=1S/C18H28N2O3/c1-6-20(7-2)15-10-8-14(9-11-15)16(12-13-21)19-17(22)23-18(3,4)5/h8-11,13,16H,6-7,12H2,1-5H3,(H,19,22)/t16-/m0/s1. The summed E-state index contributed by atoms with van der Waals surface area (Å²) in [5.74, 6) is 0. The molecule has 1 aromatic rings. The number of carbonyl (C=O) groups excluding carboxylic acids is 2. The van der Waals surface area contributed by atoms with Gasteiger partial charge >= 0.3 is 6.09 Å². The van der Waals surface area contributed by atoms with Gasteiger partial charge in [-0.15, -0.1) is 0 Å². The smallest absolute Gasteiger partial charge is 0.408 e. The van der Waals surface area contributed by atoms with Crippen LogP contribution < -0.4 is 10.2 Å². The fourth-order valence-electron chi connectivity index (χ4n) is 2.33. The van der Waals surface area contributed by atoms with Crippen LogP contribution in [0, 0.1) is 0 Å². The minimum atomic E-state index is -0.567. The fourth-order valence-corrected chi connectivity index (χ4v) is 2.33. The van der Waals surface area contributed by atoms with E-state index in [2.05, 4.69) is 24.1 Å². The summed E-state index contributed by atoms with van der Waals surface area (Å²) in [5, 5.41) is 2.76. The molecule has 0 spiro atoms. The van der Waals surface area contributed by atoms with Crippen LogP contribution in [0.4, 0.5) is 10.5 Å². The van der Waals surface area contributed by atoms with Gasteiger partial charge in [0.15, 0.2) is 0 Å². The lowest BCUT2D eigenvalue weighted by atomic mass is 10.0. The first kappa shape index (κ1) is 19.0. The molecule has 0 aliphatic carbocycles. The molecule has 1 N–H and O–H groups in total. The van der Waals surface area contributed by atoms with E-state index in [-0.39, 0.29) is 12.5 Å². The SMILES string of the molecule is CCN(CC)c1ccc([C@H](CC=O)NC(=O)OC(C)(C)C)cc1. The molecule has 1 amide bonds. The Morgan fingerprint density at radius 3 is 2.22 bits per heavy atom. The van der Waals surface area contributed by atoms with Gasteiger partial charge in [-0.05, 0) is 52.3 Å². The van der Waals surface area contributed by atoms with E-state index in [0.29, 0.717) is 0 Å². The molecule has 0 aromatic heterocycles. The lowest BCUT2D eigenvalue weighted by molar-refractivity contribution is -0.108. The van der Waals surface area contributed by atoms with Crippen molar-refractivity contribution in [2.24, 2.45) is 0 Å². The van der Waals surface area contributed by atoms with Crippen molar-refractivity contribution in [1.82, 2.24) is 5.32 Å². The Hall–Kier alpha value is -2.04. The molecule has 1 rings (SSSR count). The summed E-state index contributed by atoms with van der Waals surface area (Å²) in [4.78, 5) is 25.1. The Bertz CT molecular complexity index is 502. The number of anilines is 1. The van der Waals surface area contributed by atoms with Crippen molar-refractivity contribution in [2.75, 3.05) is 18.0 Å². The number of nitrogens with one attached hydrogen (secondary N) is 1. The molecule has 0 heterocycles. The van der Waals surface area contributed by atoms with E-state index >= 15 is 0 Å². The van der Waals surface area contributed by atoms with Gasteiger partial charge in [0.25, 0.3) is 0 Å². The molecule has 0 bridgehead atoms. The van der Waals surface area contributed by atoms with Crippen molar-refractivity contribution in [3.8, 4) is 0 Å². The van der Waals surface area contributed by atoms with Crippen molar-refractivity contribution in [3.05, 3.63) is 29.8 Å². The van der Waals surface area contributed by atoms with Crippen LogP contribution >= 0.6 is 0 Å². The maximum absolute atomic E-state index is 11.9. The third-order valence-electron chi connectivity index (χ3n) is 3.45. The average molecular weight is 320 g/mol. The van der Waals surface area contributed by atoms with Gasteiger partial charge in [-0.3, -0.25) is 0 Å². The molecule has 128 valence electrons. The highest BCUT2D eigenvalue weighted by molar-refractivity contribution is 5.69. The molecule has 0 saturated heterocycles. The monoisotopic (exact) mass is 320 g/mol. The Morgan fingerprint density at radius 1 is 1.22 bits per heavy atom. The van der Waals surface area contributed by atoms with Crippen LogP contribution in [-0.4, -0.2) is 31.1 Å². The average Bonchev–Trinajstić information content (AvgIpc) is 2.47.